The highest BCUT2D eigenvalue weighted by Gasteiger charge is 2.15. The van der Waals surface area contributed by atoms with Gasteiger partial charge < -0.3 is 0 Å². The minimum atomic E-state index is -0.302. The van der Waals surface area contributed by atoms with Crippen LogP contribution in [0.25, 0.3) is 10.9 Å². The van der Waals surface area contributed by atoms with Crippen LogP contribution in [0.2, 0.25) is 0 Å². The Hall–Kier alpha value is -3.01. The van der Waals surface area contributed by atoms with Gasteiger partial charge in [0.25, 0.3) is 5.91 Å². The molecule has 1 amide bonds. The molecule has 2 aromatic carbocycles. The van der Waals surface area contributed by atoms with Crippen LogP contribution in [0.3, 0.4) is 0 Å². The molecule has 1 N–H and O–H groups in total. The summed E-state index contributed by atoms with van der Waals surface area (Å²) in [5.74, 6) is 0.391. The molecule has 142 valence electrons. The summed E-state index contributed by atoms with van der Waals surface area (Å²) in [4.78, 5) is 16.8. The highest BCUT2D eigenvalue weighted by atomic mass is 16.2. The summed E-state index contributed by atoms with van der Waals surface area (Å²) in [5.41, 5.74) is 7.01. The molecule has 3 aromatic rings. The first-order valence-corrected chi connectivity index (χ1v) is 10.0. The Labute approximate surface area is 165 Å². The van der Waals surface area contributed by atoms with E-state index in [-0.39, 0.29) is 5.91 Å². The van der Waals surface area contributed by atoms with E-state index in [1.54, 1.807) is 6.07 Å². The van der Waals surface area contributed by atoms with E-state index in [2.05, 4.69) is 39.8 Å². The van der Waals surface area contributed by atoms with Crippen molar-refractivity contribution in [3.8, 4) is 0 Å². The molecule has 1 aromatic heterocycles. The van der Waals surface area contributed by atoms with E-state index in [9.17, 15) is 4.79 Å². The van der Waals surface area contributed by atoms with E-state index in [1.165, 1.54) is 37.7 Å². The normalized spacial score (nSPS) is 15.5. The highest BCUT2D eigenvalue weighted by molar-refractivity contribution is 6.00. The Bertz CT molecular complexity index is 1000. The standard InChI is InChI=1S/C24H25N3O/c1-17(18-11-13-20(14-12-18)19-7-3-2-4-8-19)26-27-24(28)23-16-15-21-9-5-6-10-22(21)25-23/h5-6,9-16,19H,2-4,7-8H2,1H3,(H,27,28). The zero-order valence-corrected chi connectivity index (χ0v) is 16.2. The first-order chi connectivity index (χ1) is 13.7. The van der Waals surface area contributed by atoms with Gasteiger partial charge in [-0.1, -0.05) is 67.8 Å². The van der Waals surface area contributed by atoms with Crippen LogP contribution in [0.1, 0.15) is 66.6 Å². The molecule has 1 heterocycles. The molecule has 1 aliphatic carbocycles. The van der Waals surface area contributed by atoms with E-state index in [0.29, 0.717) is 11.6 Å². The molecule has 0 unspecified atom stereocenters. The van der Waals surface area contributed by atoms with Gasteiger partial charge in [0.05, 0.1) is 11.2 Å². The van der Waals surface area contributed by atoms with Gasteiger partial charge in [-0.15, -0.1) is 0 Å². The van der Waals surface area contributed by atoms with Gasteiger partial charge in [0.15, 0.2) is 0 Å². The van der Waals surface area contributed by atoms with Gasteiger partial charge in [0.1, 0.15) is 5.69 Å². The molecule has 4 rings (SSSR count). The second-order valence-electron chi connectivity index (χ2n) is 7.48. The first-order valence-electron chi connectivity index (χ1n) is 10.0. The number of aromatic nitrogens is 1. The third-order valence-corrected chi connectivity index (χ3v) is 5.56. The molecule has 0 bridgehead atoms. The Morgan fingerprint density at radius 2 is 1.71 bits per heavy atom. The van der Waals surface area contributed by atoms with E-state index >= 15 is 0 Å². The molecule has 4 nitrogen and oxygen atoms in total. The van der Waals surface area contributed by atoms with E-state index < -0.39 is 0 Å². The van der Waals surface area contributed by atoms with E-state index in [0.717, 1.165) is 22.2 Å². The number of nitrogens with one attached hydrogen (secondary N) is 1. The fraction of sp³-hybridized carbons (Fsp3) is 0.292. The van der Waals surface area contributed by atoms with Crippen LogP contribution in [-0.2, 0) is 0 Å². The SMILES string of the molecule is CC(=NNC(=O)c1ccc2ccccc2n1)c1ccc(C2CCCCC2)cc1. The number of hydrogen-bond acceptors (Lipinski definition) is 3. The monoisotopic (exact) mass is 371 g/mol. The van der Waals surface area contributed by atoms with Crippen LogP contribution in [0.15, 0.2) is 65.8 Å². The number of carbonyl (C=O) groups is 1. The minimum Gasteiger partial charge on any atom is -0.266 e. The van der Waals surface area contributed by atoms with Crippen molar-refractivity contribution in [1.82, 2.24) is 10.4 Å². The molecule has 0 atom stereocenters. The number of hydrazone groups is 1. The van der Waals surface area contributed by atoms with Gasteiger partial charge in [-0.25, -0.2) is 10.4 Å². The molecular weight excluding hydrogens is 346 g/mol. The second kappa shape index (κ2) is 8.34. The predicted molar refractivity (Wildman–Crippen MR) is 114 cm³/mol. The van der Waals surface area contributed by atoms with Crippen molar-refractivity contribution < 1.29 is 4.79 Å². The first kappa shape index (κ1) is 18.4. The third kappa shape index (κ3) is 4.11. The maximum Gasteiger partial charge on any atom is 0.289 e. The summed E-state index contributed by atoms with van der Waals surface area (Å²) >= 11 is 0. The number of amides is 1. The molecule has 1 fully saturated rings. The highest BCUT2D eigenvalue weighted by Crippen LogP contribution is 2.32. The molecule has 0 radical (unpaired) electrons. The topological polar surface area (TPSA) is 54.4 Å². The number of fused-ring (bicyclic) bond motifs is 1. The molecular formula is C24H25N3O. The van der Waals surface area contributed by atoms with Gasteiger partial charge in [0, 0.05) is 5.39 Å². The number of hydrogen-bond donors (Lipinski definition) is 1. The molecule has 0 spiro atoms. The summed E-state index contributed by atoms with van der Waals surface area (Å²) < 4.78 is 0. The van der Waals surface area contributed by atoms with Crippen molar-refractivity contribution in [2.45, 2.75) is 44.9 Å². The summed E-state index contributed by atoms with van der Waals surface area (Å²) in [6.07, 6.45) is 6.62. The van der Waals surface area contributed by atoms with Crippen LogP contribution in [0.5, 0.6) is 0 Å². The quantitative estimate of drug-likeness (QED) is 0.491. The van der Waals surface area contributed by atoms with Crippen LogP contribution >= 0.6 is 0 Å². The third-order valence-electron chi connectivity index (χ3n) is 5.56. The number of benzene rings is 2. The van der Waals surface area contributed by atoms with Gasteiger partial charge in [0.2, 0.25) is 0 Å². The number of carbonyl (C=O) groups excluding carboxylic acids is 1. The Morgan fingerprint density at radius 1 is 0.964 bits per heavy atom. The largest absolute Gasteiger partial charge is 0.289 e. The molecule has 28 heavy (non-hydrogen) atoms. The lowest BCUT2D eigenvalue weighted by Crippen LogP contribution is -2.20. The average Bonchev–Trinajstić information content (AvgIpc) is 2.77. The molecule has 0 aliphatic heterocycles. The Morgan fingerprint density at radius 3 is 2.50 bits per heavy atom. The van der Waals surface area contributed by atoms with Crippen molar-refractivity contribution in [1.29, 1.82) is 0 Å². The van der Waals surface area contributed by atoms with Crippen molar-refractivity contribution in [2.24, 2.45) is 5.10 Å². The summed E-state index contributed by atoms with van der Waals surface area (Å²) in [7, 11) is 0. The summed E-state index contributed by atoms with van der Waals surface area (Å²) in [6.45, 7) is 1.91. The van der Waals surface area contributed by atoms with Gasteiger partial charge in [-0.05, 0) is 48.9 Å². The van der Waals surface area contributed by atoms with Crippen molar-refractivity contribution >= 4 is 22.5 Å². The van der Waals surface area contributed by atoms with E-state index in [1.807, 2.05) is 37.3 Å². The zero-order chi connectivity index (χ0) is 19.3. The van der Waals surface area contributed by atoms with Crippen molar-refractivity contribution in [3.05, 3.63) is 77.5 Å². The smallest absolute Gasteiger partial charge is 0.266 e. The maximum absolute atomic E-state index is 12.4. The molecule has 1 saturated carbocycles. The zero-order valence-electron chi connectivity index (χ0n) is 16.2. The molecule has 0 saturated heterocycles. The van der Waals surface area contributed by atoms with Crippen LogP contribution in [-0.4, -0.2) is 16.6 Å². The number of para-hydroxylation sites is 1. The minimum absolute atomic E-state index is 0.302. The maximum atomic E-state index is 12.4. The fourth-order valence-corrected chi connectivity index (χ4v) is 3.88. The lowest BCUT2D eigenvalue weighted by Gasteiger charge is -2.22. The molecule has 1 aliphatic rings. The number of rotatable bonds is 4. The number of nitrogens with zero attached hydrogens (tertiary/aromatic N) is 2. The van der Waals surface area contributed by atoms with E-state index in [4.69, 9.17) is 0 Å². The van der Waals surface area contributed by atoms with Gasteiger partial charge in [-0.2, -0.15) is 5.10 Å². The van der Waals surface area contributed by atoms with Crippen molar-refractivity contribution in [2.75, 3.05) is 0 Å². The summed E-state index contributed by atoms with van der Waals surface area (Å²) in [5, 5.41) is 5.28. The Balaban J connectivity index is 1.43. The second-order valence-corrected chi connectivity index (χ2v) is 7.48. The summed E-state index contributed by atoms with van der Waals surface area (Å²) in [6, 6.07) is 20.0. The predicted octanol–water partition coefficient (Wildman–Crippen LogP) is 5.44. The Kier molecular flexibility index (Phi) is 5.47. The van der Waals surface area contributed by atoms with Crippen LogP contribution in [0, 0.1) is 0 Å². The van der Waals surface area contributed by atoms with Crippen LogP contribution in [0.4, 0.5) is 0 Å². The average molecular weight is 371 g/mol. The lowest BCUT2D eigenvalue weighted by atomic mass is 9.84. The number of pyridine rings is 1. The van der Waals surface area contributed by atoms with Crippen LogP contribution < -0.4 is 5.43 Å². The fourth-order valence-electron chi connectivity index (χ4n) is 3.88. The van der Waals surface area contributed by atoms with Gasteiger partial charge >= 0.3 is 0 Å². The van der Waals surface area contributed by atoms with Crippen molar-refractivity contribution in [3.63, 3.8) is 0 Å². The lowest BCUT2D eigenvalue weighted by molar-refractivity contribution is 0.0950. The molecule has 4 heteroatoms. The van der Waals surface area contributed by atoms with Gasteiger partial charge in [-0.3, -0.25) is 4.79 Å².